The Morgan fingerprint density at radius 3 is 2.38 bits per heavy atom. The number of hydrogen-bond donors (Lipinski definition) is 3. The van der Waals surface area contributed by atoms with Crippen LogP contribution in [0.3, 0.4) is 0 Å². The van der Waals surface area contributed by atoms with E-state index in [2.05, 4.69) is 15.4 Å². The molecule has 176 valence electrons. The van der Waals surface area contributed by atoms with Crippen LogP contribution in [0.15, 0.2) is 71.6 Å². The third kappa shape index (κ3) is 5.60. The van der Waals surface area contributed by atoms with Crippen molar-refractivity contribution in [2.45, 2.75) is 31.2 Å². The number of amides is 2. The number of hydrogen-bond acceptors (Lipinski definition) is 4. The Bertz CT molecular complexity index is 1340. The molecule has 0 saturated heterocycles. The summed E-state index contributed by atoms with van der Waals surface area (Å²) < 4.78 is 41.6. The quantitative estimate of drug-likeness (QED) is 0.448. The highest BCUT2D eigenvalue weighted by Crippen LogP contribution is 2.30. The molecule has 2 amide bonds. The zero-order valence-corrected chi connectivity index (χ0v) is 19.3. The lowest BCUT2D eigenvalue weighted by Crippen LogP contribution is -2.24. The molecule has 3 aromatic rings. The van der Waals surface area contributed by atoms with Crippen LogP contribution in [0.25, 0.3) is 0 Å². The third-order valence-electron chi connectivity index (χ3n) is 5.50. The van der Waals surface area contributed by atoms with Crippen LogP contribution in [0.5, 0.6) is 0 Å². The Labute approximate surface area is 197 Å². The van der Waals surface area contributed by atoms with Gasteiger partial charge < -0.3 is 10.6 Å². The largest absolute Gasteiger partial charge is 0.348 e. The van der Waals surface area contributed by atoms with Crippen LogP contribution in [-0.4, -0.2) is 20.2 Å². The molecule has 4 rings (SSSR count). The summed E-state index contributed by atoms with van der Waals surface area (Å²) in [5.74, 6) is -1.000. The molecule has 3 N–H and O–H groups in total. The van der Waals surface area contributed by atoms with Crippen molar-refractivity contribution in [2.24, 2.45) is 5.92 Å². The number of para-hydroxylation sites is 1. The van der Waals surface area contributed by atoms with Gasteiger partial charge in [-0.05, 0) is 67.3 Å². The minimum Gasteiger partial charge on any atom is -0.348 e. The average molecular weight is 482 g/mol. The van der Waals surface area contributed by atoms with Crippen molar-refractivity contribution in [3.63, 3.8) is 0 Å². The third-order valence-corrected chi connectivity index (χ3v) is 6.87. The fraction of sp³-hybridized carbons (Fsp3) is 0.200. The van der Waals surface area contributed by atoms with E-state index in [0.29, 0.717) is 11.3 Å². The van der Waals surface area contributed by atoms with Gasteiger partial charge in [0.2, 0.25) is 5.91 Å². The number of benzene rings is 3. The first-order chi connectivity index (χ1) is 16.2. The second-order valence-corrected chi connectivity index (χ2v) is 9.89. The van der Waals surface area contributed by atoms with Crippen molar-refractivity contribution in [3.8, 4) is 0 Å². The second-order valence-electron chi connectivity index (χ2n) is 8.21. The molecule has 0 aliphatic heterocycles. The van der Waals surface area contributed by atoms with E-state index < -0.39 is 21.7 Å². The summed E-state index contributed by atoms with van der Waals surface area (Å²) in [6.07, 6.45) is 1.86. The predicted octanol–water partition coefficient (Wildman–Crippen LogP) is 4.21. The molecule has 1 fully saturated rings. The van der Waals surface area contributed by atoms with Gasteiger partial charge in [0.25, 0.3) is 15.9 Å². The first-order valence-corrected chi connectivity index (χ1v) is 12.3. The maximum Gasteiger partial charge on any atom is 0.262 e. The van der Waals surface area contributed by atoms with Gasteiger partial charge in [-0.3, -0.25) is 14.3 Å². The summed E-state index contributed by atoms with van der Waals surface area (Å²) in [7, 11) is -4.10. The molecule has 7 nitrogen and oxygen atoms in total. The standard InChI is InChI=1S/C25H24FN3O4S/c1-16-6-13-20(34(32,33)29-23-5-3-2-4-22(23)26)14-21(16)25(31)27-15-17-7-11-19(12-8-17)28-24(30)18-9-10-18/h2-8,11-14,18,29H,9-10,15H2,1H3,(H,27,31)(H,28,30). The zero-order chi connectivity index (χ0) is 24.3. The van der Waals surface area contributed by atoms with E-state index in [4.69, 9.17) is 0 Å². The highest BCUT2D eigenvalue weighted by atomic mass is 32.2. The van der Waals surface area contributed by atoms with E-state index in [-0.39, 0.29) is 34.5 Å². The number of carbonyl (C=O) groups is 2. The smallest absolute Gasteiger partial charge is 0.262 e. The number of sulfonamides is 1. The number of nitrogens with one attached hydrogen (secondary N) is 3. The Kier molecular flexibility index (Phi) is 6.65. The van der Waals surface area contributed by atoms with Crippen molar-refractivity contribution in [3.05, 3.63) is 89.2 Å². The lowest BCUT2D eigenvalue weighted by molar-refractivity contribution is -0.117. The van der Waals surface area contributed by atoms with Crippen LogP contribution in [0.1, 0.15) is 34.3 Å². The summed E-state index contributed by atoms with van der Waals surface area (Å²) in [4.78, 5) is 24.5. The molecule has 0 aromatic heterocycles. The summed E-state index contributed by atoms with van der Waals surface area (Å²) >= 11 is 0. The van der Waals surface area contributed by atoms with Crippen molar-refractivity contribution >= 4 is 33.2 Å². The molecule has 3 aromatic carbocycles. The van der Waals surface area contributed by atoms with Gasteiger partial charge in [-0.15, -0.1) is 0 Å². The maximum atomic E-state index is 13.9. The molecule has 0 atom stereocenters. The number of aryl methyl sites for hydroxylation is 1. The van der Waals surface area contributed by atoms with Gasteiger partial charge in [-0.1, -0.05) is 30.3 Å². The van der Waals surface area contributed by atoms with E-state index in [1.54, 1.807) is 31.2 Å². The summed E-state index contributed by atoms with van der Waals surface area (Å²) in [6, 6.07) is 16.8. The number of halogens is 1. The Morgan fingerprint density at radius 1 is 1.00 bits per heavy atom. The van der Waals surface area contributed by atoms with Gasteiger partial charge in [-0.2, -0.15) is 0 Å². The summed E-state index contributed by atoms with van der Waals surface area (Å²) in [5.41, 5.74) is 2.14. The Balaban J connectivity index is 1.42. The van der Waals surface area contributed by atoms with E-state index in [1.807, 2.05) is 0 Å². The first-order valence-electron chi connectivity index (χ1n) is 10.8. The molecule has 9 heteroatoms. The molecule has 0 unspecified atom stereocenters. The van der Waals surface area contributed by atoms with Crippen LogP contribution in [0, 0.1) is 18.7 Å². The first kappa shape index (κ1) is 23.4. The lowest BCUT2D eigenvalue weighted by atomic mass is 10.1. The van der Waals surface area contributed by atoms with Gasteiger partial charge in [0.15, 0.2) is 0 Å². The fourth-order valence-corrected chi connectivity index (χ4v) is 4.43. The van der Waals surface area contributed by atoms with Crippen LogP contribution in [-0.2, 0) is 21.4 Å². The number of rotatable bonds is 8. The van der Waals surface area contributed by atoms with Crippen LogP contribution in [0.2, 0.25) is 0 Å². The van der Waals surface area contributed by atoms with Crippen LogP contribution < -0.4 is 15.4 Å². The van der Waals surface area contributed by atoms with Gasteiger partial charge >= 0.3 is 0 Å². The van der Waals surface area contributed by atoms with Crippen molar-refractivity contribution in [2.75, 3.05) is 10.0 Å². The van der Waals surface area contributed by atoms with Gasteiger partial charge in [0.05, 0.1) is 10.6 Å². The molecule has 0 radical (unpaired) electrons. The van der Waals surface area contributed by atoms with Gasteiger partial charge in [0, 0.05) is 23.7 Å². The minimum atomic E-state index is -4.10. The lowest BCUT2D eigenvalue weighted by Gasteiger charge is -2.12. The van der Waals surface area contributed by atoms with Crippen molar-refractivity contribution in [1.82, 2.24) is 5.32 Å². The Morgan fingerprint density at radius 2 is 1.71 bits per heavy atom. The van der Waals surface area contributed by atoms with E-state index in [9.17, 15) is 22.4 Å². The van der Waals surface area contributed by atoms with E-state index >= 15 is 0 Å². The molecule has 1 saturated carbocycles. The van der Waals surface area contributed by atoms with E-state index in [1.165, 1.54) is 36.4 Å². The van der Waals surface area contributed by atoms with Crippen LogP contribution >= 0.6 is 0 Å². The van der Waals surface area contributed by atoms with E-state index in [0.717, 1.165) is 24.5 Å². The normalized spacial score (nSPS) is 13.2. The summed E-state index contributed by atoms with van der Waals surface area (Å²) in [6.45, 7) is 1.92. The topological polar surface area (TPSA) is 104 Å². The van der Waals surface area contributed by atoms with Crippen molar-refractivity contribution in [1.29, 1.82) is 0 Å². The molecular weight excluding hydrogens is 457 g/mol. The monoisotopic (exact) mass is 481 g/mol. The maximum absolute atomic E-state index is 13.9. The predicted molar refractivity (Wildman–Crippen MR) is 127 cm³/mol. The average Bonchev–Trinajstić information content (AvgIpc) is 3.66. The SMILES string of the molecule is Cc1ccc(S(=O)(=O)Nc2ccccc2F)cc1C(=O)NCc1ccc(NC(=O)C2CC2)cc1. The highest BCUT2D eigenvalue weighted by molar-refractivity contribution is 7.92. The number of carbonyl (C=O) groups excluding carboxylic acids is 2. The second kappa shape index (κ2) is 9.64. The minimum absolute atomic E-state index is 0.0239. The molecule has 1 aliphatic rings. The summed E-state index contributed by atoms with van der Waals surface area (Å²) in [5, 5.41) is 5.64. The molecular formula is C25H24FN3O4S. The molecule has 0 heterocycles. The fourth-order valence-electron chi connectivity index (χ4n) is 3.33. The molecule has 0 spiro atoms. The van der Waals surface area contributed by atoms with Crippen molar-refractivity contribution < 1.29 is 22.4 Å². The van der Waals surface area contributed by atoms with Gasteiger partial charge in [-0.25, -0.2) is 12.8 Å². The van der Waals surface area contributed by atoms with Crippen LogP contribution in [0.4, 0.5) is 15.8 Å². The number of anilines is 2. The molecule has 0 bridgehead atoms. The molecule has 1 aliphatic carbocycles. The zero-order valence-electron chi connectivity index (χ0n) is 18.5. The molecule has 34 heavy (non-hydrogen) atoms. The highest BCUT2D eigenvalue weighted by Gasteiger charge is 2.29. The van der Waals surface area contributed by atoms with Gasteiger partial charge in [0.1, 0.15) is 5.82 Å². The Hall–Kier alpha value is -3.72.